The summed E-state index contributed by atoms with van der Waals surface area (Å²) >= 11 is 1.90. The van der Waals surface area contributed by atoms with Crippen molar-refractivity contribution in [3.05, 3.63) is 21.4 Å². The maximum atomic E-state index is 6.51. The van der Waals surface area contributed by atoms with Crippen molar-refractivity contribution >= 4 is 11.3 Å². The summed E-state index contributed by atoms with van der Waals surface area (Å²) in [4.78, 5) is 2.84. The van der Waals surface area contributed by atoms with Gasteiger partial charge in [-0.3, -0.25) is 0 Å². The Morgan fingerprint density at radius 3 is 2.24 bits per heavy atom. The van der Waals surface area contributed by atoms with Gasteiger partial charge in [0.2, 0.25) is 0 Å². The Kier molecular flexibility index (Phi) is 4.63. The van der Waals surface area contributed by atoms with Gasteiger partial charge in [0.1, 0.15) is 0 Å². The third kappa shape index (κ3) is 3.32. The molecule has 1 aliphatic rings. The van der Waals surface area contributed by atoms with Gasteiger partial charge in [-0.15, -0.1) is 11.3 Å². The molecule has 17 heavy (non-hydrogen) atoms. The van der Waals surface area contributed by atoms with Crippen LogP contribution in [-0.4, -0.2) is 0 Å². The van der Waals surface area contributed by atoms with Crippen molar-refractivity contribution in [1.29, 1.82) is 0 Å². The molecule has 1 atom stereocenters. The molecule has 0 amide bonds. The number of nitrogens with two attached hydrogens (primary N) is 1. The molecule has 1 aromatic rings. The van der Waals surface area contributed by atoms with Gasteiger partial charge in [0.25, 0.3) is 0 Å². The molecule has 1 heterocycles. The summed E-state index contributed by atoms with van der Waals surface area (Å²) in [5.74, 6) is 0.715. The van der Waals surface area contributed by atoms with Crippen LogP contribution in [0.2, 0.25) is 0 Å². The highest BCUT2D eigenvalue weighted by molar-refractivity contribution is 7.12. The van der Waals surface area contributed by atoms with Crippen LogP contribution in [0.1, 0.15) is 66.3 Å². The van der Waals surface area contributed by atoms with Gasteiger partial charge in [-0.25, -0.2) is 0 Å². The van der Waals surface area contributed by atoms with E-state index >= 15 is 0 Å². The number of hydrogen-bond acceptors (Lipinski definition) is 2. The summed E-state index contributed by atoms with van der Waals surface area (Å²) in [5, 5.41) is 0. The van der Waals surface area contributed by atoms with Gasteiger partial charge in [-0.2, -0.15) is 0 Å². The second-order valence-electron chi connectivity index (χ2n) is 5.54. The molecule has 0 aliphatic heterocycles. The lowest BCUT2D eigenvalue weighted by Gasteiger charge is -2.25. The van der Waals surface area contributed by atoms with Crippen LogP contribution in [0.4, 0.5) is 0 Å². The zero-order chi connectivity index (χ0) is 12.3. The van der Waals surface area contributed by atoms with Gasteiger partial charge in [-0.05, 0) is 44.2 Å². The number of hydrogen-bond donors (Lipinski definition) is 1. The fraction of sp³-hybridized carbons (Fsp3) is 0.733. The molecule has 1 unspecified atom stereocenters. The smallest absolute Gasteiger partial charge is 0.0421 e. The summed E-state index contributed by atoms with van der Waals surface area (Å²) in [5.41, 5.74) is 7.92. The third-order valence-electron chi connectivity index (χ3n) is 4.04. The Balaban J connectivity index is 2.06. The van der Waals surface area contributed by atoms with Crippen molar-refractivity contribution in [2.45, 2.75) is 64.8 Å². The molecular formula is C15H25NS. The van der Waals surface area contributed by atoms with Crippen molar-refractivity contribution in [2.75, 3.05) is 0 Å². The second kappa shape index (κ2) is 6.01. The van der Waals surface area contributed by atoms with Crippen molar-refractivity contribution in [3.63, 3.8) is 0 Å². The highest BCUT2D eigenvalue weighted by atomic mass is 32.1. The summed E-state index contributed by atoms with van der Waals surface area (Å²) in [6.45, 7) is 4.40. The van der Waals surface area contributed by atoms with Crippen molar-refractivity contribution in [3.8, 4) is 0 Å². The van der Waals surface area contributed by atoms with Crippen molar-refractivity contribution in [1.82, 2.24) is 0 Å². The first-order valence-electron chi connectivity index (χ1n) is 7.01. The molecule has 0 aromatic carbocycles. The molecule has 0 saturated heterocycles. The number of rotatable bonds is 2. The third-order valence-corrected chi connectivity index (χ3v) is 5.29. The molecule has 0 spiro atoms. The predicted molar refractivity (Wildman–Crippen MR) is 76.5 cm³/mol. The van der Waals surface area contributed by atoms with E-state index in [1.54, 1.807) is 0 Å². The summed E-state index contributed by atoms with van der Waals surface area (Å²) < 4.78 is 0. The van der Waals surface area contributed by atoms with Crippen LogP contribution in [-0.2, 0) is 0 Å². The molecule has 96 valence electrons. The maximum Gasteiger partial charge on any atom is 0.0421 e. The zero-order valence-corrected chi connectivity index (χ0v) is 12.0. The summed E-state index contributed by atoms with van der Waals surface area (Å²) in [7, 11) is 0. The van der Waals surface area contributed by atoms with E-state index in [1.807, 2.05) is 11.3 Å². The lowest BCUT2D eigenvalue weighted by atomic mass is 9.85. The lowest BCUT2D eigenvalue weighted by molar-refractivity contribution is 0.329. The summed E-state index contributed by atoms with van der Waals surface area (Å²) in [6.07, 6.45) is 9.66. The van der Waals surface area contributed by atoms with Crippen LogP contribution in [0.5, 0.6) is 0 Å². The van der Waals surface area contributed by atoms with Gasteiger partial charge >= 0.3 is 0 Å². The molecule has 1 saturated carbocycles. The number of aryl methyl sites for hydroxylation is 2. The quantitative estimate of drug-likeness (QED) is 0.808. The van der Waals surface area contributed by atoms with E-state index in [2.05, 4.69) is 19.9 Å². The largest absolute Gasteiger partial charge is 0.323 e. The highest BCUT2D eigenvalue weighted by Crippen LogP contribution is 2.36. The average Bonchev–Trinajstić information content (AvgIpc) is 2.56. The molecule has 1 fully saturated rings. The van der Waals surface area contributed by atoms with E-state index in [0.717, 1.165) is 0 Å². The molecular weight excluding hydrogens is 226 g/mol. The highest BCUT2D eigenvalue weighted by Gasteiger charge is 2.22. The molecule has 0 bridgehead atoms. The molecule has 2 rings (SSSR count). The fourth-order valence-corrected chi connectivity index (χ4v) is 4.18. The first-order valence-corrected chi connectivity index (χ1v) is 7.82. The normalized spacial score (nSPS) is 20.9. The Bertz CT molecular complexity index is 348. The minimum atomic E-state index is 0.284. The molecule has 0 radical (unpaired) electrons. The Labute approximate surface area is 109 Å². The Hall–Kier alpha value is -0.340. The Morgan fingerprint density at radius 2 is 1.71 bits per heavy atom. The van der Waals surface area contributed by atoms with E-state index in [1.165, 1.54) is 60.3 Å². The zero-order valence-electron chi connectivity index (χ0n) is 11.2. The SMILES string of the molecule is Cc1cc(C)c(C(N)C2CCCCCCC2)s1. The van der Waals surface area contributed by atoms with Crippen LogP contribution in [0.3, 0.4) is 0 Å². The van der Waals surface area contributed by atoms with E-state index in [-0.39, 0.29) is 6.04 Å². The maximum absolute atomic E-state index is 6.51. The van der Waals surface area contributed by atoms with Gasteiger partial charge < -0.3 is 5.73 Å². The topological polar surface area (TPSA) is 26.0 Å². The van der Waals surface area contributed by atoms with Crippen LogP contribution in [0.25, 0.3) is 0 Å². The second-order valence-corrected chi connectivity index (χ2v) is 6.82. The molecule has 1 aliphatic carbocycles. The van der Waals surface area contributed by atoms with Gasteiger partial charge in [0.15, 0.2) is 0 Å². The molecule has 1 nitrogen and oxygen atoms in total. The van der Waals surface area contributed by atoms with Crippen LogP contribution in [0, 0.1) is 19.8 Å². The first kappa shape index (κ1) is 13.1. The van der Waals surface area contributed by atoms with Crippen LogP contribution < -0.4 is 5.73 Å². The molecule has 2 heteroatoms. The van der Waals surface area contributed by atoms with E-state index in [0.29, 0.717) is 5.92 Å². The van der Waals surface area contributed by atoms with Gasteiger partial charge in [0, 0.05) is 15.8 Å². The minimum absolute atomic E-state index is 0.284. The Morgan fingerprint density at radius 1 is 1.12 bits per heavy atom. The average molecular weight is 251 g/mol. The van der Waals surface area contributed by atoms with Crippen LogP contribution in [0.15, 0.2) is 6.07 Å². The van der Waals surface area contributed by atoms with Crippen molar-refractivity contribution < 1.29 is 0 Å². The molecule has 1 aromatic heterocycles. The summed E-state index contributed by atoms with van der Waals surface area (Å²) in [6, 6.07) is 2.56. The fourth-order valence-electron chi connectivity index (χ4n) is 3.05. The standard InChI is InChI=1S/C15H25NS/c1-11-10-12(2)17-15(11)14(16)13-8-6-4-3-5-7-9-13/h10,13-14H,3-9,16H2,1-2H3. The predicted octanol–water partition coefficient (Wildman–Crippen LogP) is 4.73. The van der Waals surface area contributed by atoms with E-state index < -0.39 is 0 Å². The monoisotopic (exact) mass is 251 g/mol. The number of thiophene rings is 1. The van der Waals surface area contributed by atoms with Crippen molar-refractivity contribution in [2.24, 2.45) is 11.7 Å². The van der Waals surface area contributed by atoms with Gasteiger partial charge in [-0.1, -0.05) is 32.1 Å². The van der Waals surface area contributed by atoms with E-state index in [4.69, 9.17) is 5.73 Å². The van der Waals surface area contributed by atoms with E-state index in [9.17, 15) is 0 Å². The minimum Gasteiger partial charge on any atom is -0.323 e. The van der Waals surface area contributed by atoms with Gasteiger partial charge in [0.05, 0.1) is 0 Å². The molecule has 2 N–H and O–H groups in total. The lowest BCUT2D eigenvalue weighted by Crippen LogP contribution is -2.22. The van der Waals surface area contributed by atoms with Crippen LogP contribution >= 0.6 is 11.3 Å². The first-order chi connectivity index (χ1) is 8.18.